The van der Waals surface area contributed by atoms with E-state index in [1.54, 1.807) is 54.6 Å². The van der Waals surface area contributed by atoms with E-state index in [0.29, 0.717) is 15.7 Å². The first kappa shape index (κ1) is 21.8. The number of sulfone groups is 1. The molecule has 2 heterocycles. The Morgan fingerprint density at radius 1 is 0.968 bits per heavy atom. The van der Waals surface area contributed by atoms with Crippen molar-refractivity contribution in [3.63, 3.8) is 0 Å². The van der Waals surface area contributed by atoms with E-state index < -0.39 is 38.4 Å². The molecule has 0 bridgehead atoms. The molecule has 10 heteroatoms. The molecule has 0 saturated carbocycles. The van der Waals surface area contributed by atoms with Crippen LogP contribution < -0.4 is 5.06 Å². The van der Waals surface area contributed by atoms with Gasteiger partial charge in [-0.1, -0.05) is 52.3 Å². The van der Waals surface area contributed by atoms with Crippen molar-refractivity contribution in [1.29, 1.82) is 0 Å². The number of para-hydroxylation sites is 1. The quantitative estimate of drug-likeness (QED) is 0.486. The lowest BCUT2D eigenvalue weighted by atomic mass is 10.0. The molecule has 3 atom stereocenters. The summed E-state index contributed by atoms with van der Waals surface area (Å²) in [6.45, 7) is 0. The van der Waals surface area contributed by atoms with Crippen molar-refractivity contribution in [2.45, 2.75) is 28.6 Å². The molecular formula is C21H16BrF3N2O3S. The minimum absolute atomic E-state index is 0.306. The molecule has 1 fully saturated rings. The summed E-state index contributed by atoms with van der Waals surface area (Å²) in [5, 5.41) is -1.38. The summed E-state index contributed by atoms with van der Waals surface area (Å²) in [5.41, 5.74) is 0.662. The lowest BCUT2D eigenvalue weighted by molar-refractivity contribution is -0.208. The molecule has 0 unspecified atom stereocenters. The number of aromatic nitrogens is 1. The van der Waals surface area contributed by atoms with Crippen LogP contribution in [-0.4, -0.2) is 30.9 Å². The number of benzene rings is 2. The fraction of sp³-hybridized carbons (Fsp3) is 0.190. The van der Waals surface area contributed by atoms with Gasteiger partial charge in [-0.15, -0.1) is 0 Å². The van der Waals surface area contributed by atoms with Crippen LogP contribution in [0.25, 0.3) is 0 Å². The fourth-order valence-corrected chi connectivity index (χ4v) is 5.90. The highest BCUT2D eigenvalue weighted by molar-refractivity contribution is 9.10. The monoisotopic (exact) mass is 512 g/mol. The molecule has 0 spiro atoms. The van der Waals surface area contributed by atoms with Gasteiger partial charge in [-0.3, -0.25) is 4.84 Å². The Bertz CT molecular complexity index is 1160. The number of hydrogen-bond donors (Lipinski definition) is 0. The molecule has 3 aromatic rings. The largest absolute Gasteiger partial charge is 0.418 e. The Hall–Kier alpha value is -2.43. The number of hydrogen-bond acceptors (Lipinski definition) is 5. The molecule has 31 heavy (non-hydrogen) atoms. The number of anilines is 1. The van der Waals surface area contributed by atoms with Crippen LogP contribution >= 0.6 is 15.9 Å². The lowest BCUT2D eigenvalue weighted by Crippen LogP contribution is -2.43. The number of halogens is 4. The molecule has 0 aliphatic carbocycles. The summed E-state index contributed by atoms with van der Waals surface area (Å²) < 4.78 is 69.7. The van der Waals surface area contributed by atoms with Crippen molar-refractivity contribution in [2.75, 3.05) is 5.06 Å². The van der Waals surface area contributed by atoms with E-state index in [4.69, 9.17) is 4.84 Å². The van der Waals surface area contributed by atoms with E-state index in [0.717, 1.165) is 5.06 Å². The molecule has 1 aliphatic heterocycles. The number of nitrogens with zero attached hydrogens (tertiary/aromatic N) is 2. The zero-order valence-corrected chi connectivity index (χ0v) is 18.2. The molecule has 1 aromatic heterocycles. The van der Waals surface area contributed by atoms with E-state index in [1.807, 2.05) is 0 Å². The van der Waals surface area contributed by atoms with Crippen molar-refractivity contribution in [3.05, 3.63) is 89.0 Å². The minimum atomic E-state index is -4.93. The molecule has 1 saturated heterocycles. The minimum Gasteiger partial charge on any atom is -0.258 e. The van der Waals surface area contributed by atoms with E-state index in [1.165, 1.54) is 24.4 Å². The molecule has 0 radical (unpaired) electrons. The average Bonchev–Trinajstić information content (AvgIpc) is 3.17. The molecule has 162 valence electrons. The number of rotatable bonds is 4. The van der Waals surface area contributed by atoms with E-state index in [9.17, 15) is 21.6 Å². The zero-order valence-electron chi connectivity index (χ0n) is 15.8. The predicted octanol–water partition coefficient (Wildman–Crippen LogP) is 5.11. The van der Waals surface area contributed by atoms with Gasteiger partial charge in [-0.25, -0.2) is 18.5 Å². The summed E-state index contributed by atoms with van der Waals surface area (Å²) in [7, 11) is -4.54. The van der Waals surface area contributed by atoms with E-state index in [2.05, 4.69) is 20.9 Å². The Morgan fingerprint density at radius 2 is 1.68 bits per heavy atom. The topological polar surface area (TPSA) is 59.5 Å². The van der Waals surface area contributed by atoms with Crippen LogP contribution in [0.4, 0.5) is 18.9 Å². The van der Waals surface area contributed by atoms with Crippen molar-refractivity contribution < 1.29 is 26.4 Å². The smallest absolute Gasteiger partial charge is 0.258 e. The lowest BCUT2D eigenvalue weighted by Gasteiger charge is -2.27. The highest BCUT2D eigenvalue weighted by Crippen LogP contribution is 2.48. The Kier molecular flexibility index (Phi) is 5.80. The van der Waals surface area contributed by atoms with Gasteiger partial charge in [0, 0.05) is 10.7 Å². The maximum absolute atomic E-state index is 14.1. The van der Waals surface area contributed by atoms with Gasteiger partial charge in [0.15, 0.2) is 5.03 Å². The average molecular weight is 513 g/mol. The first-order chi connectivity index (χ1) is 14.7. The molecule has 2 aromatic carbocycles. The van der Waals surface area contributed by atoms with Crippen molar-refractivity contribution in [3.8, 4) is 0 Å². The third kappa shape index (κ3) is 4.19. The van der Waals surface area contributed by atoms with Crippen LogP contribution in [0.3, 0.4) is 0 Å². The molecule has 0 N–H and O–H groups in total. The normalized spacial score (nSPS) is 21.9. The van der Waals surface area contributed by atoms with Crippen LogP contribution in [-0.2, 0) is 14.7 Å². The standard InChI is InChI=1S/C21H16BrF3N2O3S/c22-15-8-6-7-14(13-15)18-19(31(28,29)17-11-4-5-12-26-17)20(21(23,24)25)30-27(18)16-9-2-1-3-10-16/h1-13,18-20H/t18-,19-,20-/m1/s1. The van der Waals surface area contributed by atoms with Crippen LogP contribution in [0.2, 0.25) is 0 Å². The molecule has 5 nitrogen and oxygen atoms in total. The second-order valence-electron chi connectivity index (χ2n) is 6.91. The third-order valence-corrected chi connectivity index (χ3v) is 7.44. The first-order valence-corrected chi connectivity index (χ1v) is 11.5. The zero-order chi connectivity index (χ0) is 22.2. The molecule has 1 aliphatic rings. The first-order valence-electron chi connectivity index (χ1n) is 9.18. The summed E-state index contributed by atoms with van der Waals surface area (Å²) in [6.07, 6.45) is -6.28. The second kappa shape index (κ2) is 8.25. The summed E-state index contributed by atoms with van der Waals surface area (Å²) in [4.78, 5) is 9.14. The fourth-order valence-electron chi connectivity index (χ4n) is 3.59. The molecular weight excluding hydrogens is 497 g/mol. The summed E-state index contributed by atoms with van der Waals surface area (Å²) in [5.74, 6) is 0. The molecule has 4 rings (SSSR count). The van der Waals surface area contributed by atoms with Crippen LogP contribution in [0.1, 0.15) is 11.6 Å². The Labute approximate surface area is 185 Å². The van der Waals surface area contributed by atoms with Gasteiger partial charge in [0.2, 0.25) is 15.9 Å². The SMILES string of the molecule is O=S(=O)(c1ccccn1)[C@@H]1[C@@H](c2cccc(Br)c2)N(c2ccccc2)O[C@H]1C(F)(F)F. The maximum atomic E-state index is 14.1. The maximum Gasteiger partial charge on any atom is 0.418 e. The van der Waals surface area contributed by atoms with Gasteiger partial charge in [-0.2, -0.15) is 13.2 Å². The number of alkyl halides is 3. The van der Waals surface area contributed by atoms with Gasteiger partial charge < -0.3 is 0 Å². The second-order valence-corrected chi connectivity index (χ2v) is 9.87. The van der Waals surface area contributed by atoms with Crippen molar-refractivity contribution in [2.24, 2.45) is 0 Å². The highest BCUT2D eigenvalue weighted by Gasteiger charge is 2.62. The summed E-state index contributed by atoms with van der Waals surface area (Å²) in [6, 6.07) is 17.4. The predicted molar refractivity (Wildman–Crippen MR) is 112 cm³/mol. The van der Waals surface area contributed by atoms with Gasteiger partial charge >= 0.3 is 6.18 Å². The van der Waals surface area contributed by atoms with E-state index >= 15 is 0 Å². The number of hydroxylamine groups is 1. The van der Waals surface area contributed by atoms with Crippen molar-refractivity contribution in [1.82, 2.24) is 4.98 Å². The number of pyridine rings is 1. The van der Waals surface area contributed by atoms with Crippen LogP contribution in [0.5, 0.6) is 0 Å². The highest BCUT2D eigenvalue weighted by atomic mass is 79.9. The van der Waals surface area contributed by atoms with E-state index in [-0.39, 0.29) is 0 Å². The Morgan fingerprint density at radius 3 is 2.29 bits per heavy atom. The van der Waals surface area contributed by atoms with Gasteiger partial charge in [0.25, 0.3) is 0 Å². The Balaban J connectivity index is 1.95. The van der Waals surface area contributed by atoms with Crippen LogP contribution in [0, 0.1) is 0 Å². The van der Waals surface area contributed by atoms with Crippen LogP contribution in [0.15, 0.2) is 88.5 Å². The van der Waals surface area contributed by atoms with Gasteiger partial charge in [0.1, 0.15) is 11.3 Å². The molecule has 0 amide bonds. The third-order valence-electron chi connectivity index (χ3n) is 4.90. The summed E-state index contributed by atoms with van der Waals surface area (Å²) >= 11 is 3.31. The van der Waals surface area contributed by atoms with Crippen molar-refractivity contribution >= 4 is 31.5 Å². The van der Waals surface area contributed by atoms with Gasteiger partial charge in [-0.05, 0) is 42.0 Å². The van der Waals surface area contributed by atoms with Gasteiger partial charge in [0.05, 0.1) is 5.69 Å².